The van der Waals surface area contributed by atoms with Crippen LogP contribution in [0.3, 0.4) is 0 Å². The van der Waals surface area contributed by atoms with Gasteiger partial charge in [0.1, 0.15) is 16.3 Å². The average Bonchev–Trinajstić information content (AvgIpc) is 2.93. The maximum Gasteiger partial charge on any atom is 0.417 e. The zero-order valence-electron chi connectivity index (χ0n) is 19.7. The van der Waals surface area contributed by atoms with Gasteiger partial charge in [0.05, 0.1) is 11.1 Å². The number of piperazine rings is 1. The minimum atomic E-state index is -4.49. The van der Waals surface area contributed by atoms with Crippen LogP contribution in [0.2, 0.25) is 0 Å². The Morgan fingerprint density at radius 1 is 0.947 bits per heavy atom. The zero-order valence-corrected chi connectivity index (χ0v) is 20.5. The molecule has 4 aromatic rings. The SMILES string of the molecule is O=C(c1ccc2cc(Oc3ccc(C(F)(F)F)cn3)ccc2n1)N1CCN(S(=O)(=O)c2cccnc2)CC1. The van der Waals surface area contributed by atoms with Crippen LogP contribution in [0.4, 0.5) is 13.2 Å². The average molecular weight is 544 g/mol. The van der Waals surface area contributed by atoms with Crippen molar-refractivity contribution in [3.05, 3.63) is 84.4 Å². The van der Waals surface area contributed by atoms with E-state index in [9.17, 15) is 26.4 Å². The number of rotatable bonds is 5. The summed E-state index contributed by atoms with van der Waals surface area (Å²) in [6.07, 6.45) is -0.997. The van der Waals surface area contributed by atoms with Crippen molar-refractivity contribution >= 4 is 26.8 Å². The second kappa shape index (κ2) is 9.99. The normalized spacial score (nSPS) is 15.0. The molecule has 38 heavy (non-hydrogen) atoms. The number of halogens is 3. The summed E-state index contributed by atoms with van der Waals surface area (Å²) in [5.74, 6) is 0.0259. The first-order valence-corrected chi connectivity index (χ1v) is 12.9. The lowest BCUT2D eigenvalue weighted by Gasteiger charge is -2.33. The lowest BCUT2D eigenvalue weighted by Crippen LogP contribution is -2.50. The van der Waals surface area contributed by atoms with Gasteiger partial charge in [-0.1, -0.05) is 6.07 Å². The summed E-state index contributed by atoms with van der Waals surface area (Å²) in [4.78, 5) is 26.7. The van der Waals surface area contributed by atoms with Crippen molar-refractivity contribution in [2.45, 2.75) is 11.1 Å². The number of hydrogen-bond acceptors (Lipinski definition) is 7. The van der Waals surface area contributed by atoms with E-state index in [-0.39, 0.29) is 48.6 Å². The van der Waals surface area contributed by atoms with E-state index >= 15 is 0 Å². The summed E-state index contributed by atoms with van der Waals surface area (Å²) < 4.78 is 70.6. The molecule has 0 bridgehead atoms. The molecule has 1 aliphatic rings. The second-order valence-corrected chi connectivity index (χ2v) is 10.4. The van der Waals surface area contributed by atoms with Crippen LogP contribution in [0, 0.1) is 0 Å². The molecule has 3 aromatic heterocycles. The molecule has 0 spiro atoms. The van der Waals surface area contributed by atoms with Crippen molar-refractivity contribution in [3.8, 4) is 11.6 Å². The van der Waals surface area contributed by atoms with Crippen molar-refractivity contribution in [2.75, 3.05) is 26.2 Å². The Balaban J connectivity index is 1.25. The maximum absolute atomic E-state index is 13.0. The molecule has 0 unspecified atom stereocenters. The van der Waals surface area contributed by atoms with Crippen LogP contribution in [-0.4, -0.2) is 64.7 Å². The van der Waals surface area contributed by atoms with Gasteiger partial charge in [-0.3, -0.25) is 9.78 Å². The number of benzene rings is 1. The molecule has 1 fully saturated rings. The predicted molar refractivity (Wildman–Crippen MR) is 130 cm³/mol. The molecule has 4 heterocycles. The van der Waals surface area contributed by atoms with Crippen LogP contribution in [-0.2, 0) is 16.2 Å². The molecule has 0 saturated carbocycles. The molecule has 1 aromatic carbocycles. The monoisotopic (exact) mass is 543 g/mol. The van der Waals surface area contributed by atoms with E-state index < -0.39 is 21.8 Å². The van der Waals surface area contributed by atoms with E-state index in [1.165, 1.54) is 22.8 Å². The molecule has 9 nitrogen and oxygen atoms in total. The minimum Gasteiger partial charge on any atom is -0.439 e. The van der Waals surface area contributed by atoms with Crippen molar-refractivity contribution in [1.29, 1.82) is 0 Å². The highest BCUT2D eigenvalue weighted by Crippen LogP contribution is 2.30. The smallest absolute Gasteiger partial charge is 0.417 e. The lowest BCUT2D eigenvalue weighted by atomic mass is 10.2. The summed E-state index contributed by atoms with van der Waals surface area (Å²) in [6, 6.07) is 13.1. The molecule has 1 aliphatic heterocycles. The van der Waals surface area contributed by atoms with Gasteiger partial charge in [-0.15, -0.1) is 0 Å². The Labute approximate surface area is 215 Å². The number of ether oxygens (including phenoxy) is 1. The van der Waals surface area contributed by atoms with Crippen LogP contribution in [0.5, 0.6) is 11.6 Å². The highest BCUT2D eigenvalue weighted by Gasteiger charge is 2.32. The number of hydrogen-bond donors (Lipinski definition) is 0. The molecule has 196 valence electrons. The summed E-state index contributed by atoms with van der Waals surface area (Å²) in [6.45, 7) is 0.723. The van der Waals surface area contributed by atoms with Crippen LogP contribution in [0.25, 0.3) is 10.9 Å². The Bertz CT molecular complexity index is 1570. The van der Waals surface area contributed by atoms with Gasteiger partial charge in [-0.2, -0.15) is 17.5 Å². The quantitative estimate of drug-likeness (QED) is 0.375. The number of amides is 1. The summed E-state index contributed by atoms with van der Waals surface area (Å²) in [7, 11) is -3.69. The minimum absolute atomic E-state index is 0.00166. The number of carbonyl (C=O) groups is 1. The number of nitrogens with zero attached hydrogens (tertiary/aromatic N) is 5. The Kier molecular flexibility index (Phi) is 6.71. The van der Waals surface area contributed by atoms with Gasteiger partial charge in [-0.25, -0.2) is 18.4 Å². The fraction of sp³-hybridized carbons (Fsp3) is 0.200. The fourth-order valence-corrected chi connectivity index (χ4v) is 5.34. The molecular formula is C25H20F3N5O4S. The van der Waals surface area contributed by atoms with Gasteiger partial charge >= 0.3 is 6.18 Å². The number of pyridine rings is 3. The molecule has 0 atom stereocenters. The van der Waals surface area contributed by atoms with Gasteiger partial charge in [0.25, 0.3) is 5.91 Å². The molecular weight excluding hydrogens is 523 g/mol. The Morgan fingerprint density at radius 2 is 1.74 bits per heavy atom. The van der Waals surface area contributed by atoms with Gasteiger partial charge in [0.15, 0.2) is 0 Å². The maximum atomic E-state index is 13.0. The molecule has 0 aliphatic carbocycles. The van der Waals surface area contributed by atoms with E-state index in [1.54, 1.807) is 41.3 Å². The third kappa shape index (κ3) is 5.29. The fourth-order valence-electron chi connectivity index (χ4n) is 3.96. The number of sulfonamides is 1. The van der Waals surface area contributed by atoms with E-state index in [1.807, 2.05) is 0 Å². The third-order valence-corrected chi connectivity index (χ3v) is 7.85. The molecule has 13 heteroatoms. The molecule has 5 rings (SSSR count). The van der Waals surface area contributed by atoms with E-state index in [0.717, 1.165) is 12.1 Å². The van der Waals surface area contributed by atoms with Gasteiger partial charge in [-0.05, 0) is 42.5 Å². The largest absolute Gasteiger partial charge is 0.439 e. The molecule has 1 amide bonds. The van der Waals surface area contributed by atoms with Gasteiger partial charge in [0, 0.05) is 56.2 Å². The van der Waals surface area contributed by atoms with Gasteiger partial charge < -0.3 is 9.64 Å². The summed E-state index contributed by atoms with van der Waals surface area (Å²) >= 11 is 0. The number of aromatic nitrogens is 3. The first-order valence-electron chi connectivity index (χ1n) is 11.4. The van der Waals surface area contributed by atoms with Crippen LogP contribution < -0.4 is 4.74 Å². The van der Waals surface area contributed by atoms with Crippen molar-refractivity contribution < 1.29 is 31.1 Å². The first-order chi connectivity index (χ1) is 18.1. The topological polar surface area (TPSA) is 106 Å². The lowest BCUT2D eigenvalue weighted by molar-refractivity contribution is -0.137. The Morgan fingerprint density at radius 3 is 2.39 bits per heavy atom. The van der Waals surface area contributed by atoms with E-state index in [2.05, 4.69) is 15.0 Å². The van der Waals surface area contributed by atoms with Crippen LogP contribution >= 0.6 is 0 Å². The number of fused-ring (bicyclic) bond motifs is 1. The predicted octanol–water partition coefficient (Wildman–Crippen LogP) is 3.98. The molecule has 0 N–H and O–H groups in total. The molecule has 0 radical (unpaired) electrons. The highest BCUT2D eigenvalue weighted by molar-refractivity contribution is 7.89. The van der Waals surface area contributed by atoms with Crippen molar-refractivity contribution in [1.82, 2.24) is 24.2 Å². The van der Waals surface area contributed by atoms with Crippen molar-refractivity contribution in [3.63, 3.8) is 0 Å². The van der Waals surface area contributed by atoms with E-state index in [4.69, 9.17) is 4.74 Å². The summed E-state index contributed by atoms with van der Waals surface area (Å²) in [5.41, 5.74) is -0.151. The van der Waals surface area contributed by atoms with Crippen LogP contribution in [0.15, 0.2) is 78.1 Å². The number of alkyl halides is 3. The Hall–Kier alpha value is -4.10. The first kappa shape index (κ1) is 25.5. The molecule has 1 saturated heterocycles. The zero-order chi connectivity index (χ0) is 26.9. The van der Waals surface area contributed by atoms with Crippen LogP contribution in [0.1, 0.15) is 16.1 Å². The standard InChI is InChI=1S/C25H20F3N5O4S/c26-25(27,28)18-4-8-23(30-15-18)37-19-5-7-21-17(14-19)3-6-22(31-21)24(34)32-10-12-33(13-11-32)38(35,36)20-2-1-9-29-16-20/h1-9,14-16H,10-13H2. The second-order valence-electron chi connectivity index (χ2n) is 8.42. The number of carbonyl (C=O) groups excluding carboxylic acids is 1. The third-order valence-electron chi connectivity index (χ3n) is 5.96. The summed E-state index contributed by atoms with van der Waals surface area (Å²) in [5, 5.41) is 0.651. The van der Waals surface area contributed by atoms with E-state index in [0.29, 0.717) is 22.8 Å². The highest BCUT2D eigenvalue weighted by atomic mass is 32.2. The van der Waals surface area contributed by atoms with Gasteiger partial charge in [0.2, 0.25) is 15.9 Å². The van der Waals surface area contributed by atoms with Crippen molar-refractivity contribution in [2.24, 2.45) is 0 Å².